The molecule has 0 bridgehead atoms. The third-order valence-electron chi connectivity index (χ3n) is 4.87. The summed E-state index contributed by atoms with van der Waals surface area (Å²) in [5.41, 5.74) is 9.46. The molecule has 0 spiro atoms. The molecule has 0 saturated carbocycles. The van der Waals surface area contributed by atoms with Crippen molar-refractivity contribution in [2.75, 3.05) is 13.7 Å². The second kappa shape index (κ2) is 9.68. The van der Waals surface area contributed by atoms with E-state index in [4.69, 9.17) is 23.7 Å². The summed E-state index contributed by atoms with van der Waals surface area (Å²) in [6.07, 6.45) is -3.99. The molecule has 1 aromatic rings. The van der Waals surface area contributed by atoms with Crippen molar-refractivity contribution in [2.24, 2.45) is 0 Å². The highest BCUT2D eigenvalue weighted by molar-refractivity contribution is 6.63. The van der Waals surface area contributed by atoms with Crippen LogP contribution in [-0.4, -0.2) is 72.3 Å². The minimum atomic E-state index is -1.33. The Bertz CT molecular complexity index is 937. The Labute approximate surface area is 184 Å². The Morgan fingerprint density at radius 2 is 1.84 bits per heavy atom. The summed E-state index contributed by atoms with van der Waals surface area (Å²) in [6.45, 7) is 4.96. The van der Waals surface area contributed by atoms with E-state index in [1.165, 1.54) is 7.11 Å². The molecule has 2 fully saturated rings. The summed E-state index contributed by atoms with van der Waals surface area (Å²) in [6, 6.07) is 6.50. The lowest BCUT2D eigenvalue weighted by atomic mass is 10.0. The molecule has 0 unspecified atom stereocenters. The fourth-order valence-corrected chi connectivity index (χ4v) is 3.44. The largest absolute Gasteiger partial charge is 0.465 e. The van der Waals surface area contributed by atoms with Crippen LogP contribution in [0.2, 0.25) is 0 Å². The SMILES string of the molecule is CCOC(=O)C(=[N+]=[N-])C(=O)[C@H]1O[C@@H]2OC(C)(C)O[C@@H]2[C@H]1OCc1ccc(C(=O)OC)cc1. The Kier molecular flexibility index (Phi) is 7.17. The lowest BCUT2D eigenvalue weighted by molar-refractivity contribution is -0.217. The fourth-order valence-electron chi connectivity index (χ4n) is 3.44. The molecule has 0 aromatic heterocycles. The maximum absolute atomic E-state index is 12.9. The molecule has 172 valence electrons. The monoisotopic (exact) mass is 448 g/mol. The number of hydrogen-bond donors (Lipinski definition) is 0. The molecule has 0 amide bonds. The number of carbonyl (C=O) groups excluding carboxylic acids is 3. The Morgan fingerprint density at radius 1 is 1.16 bits per heavy atom. The lowest BCUT2D eigenvalue weighted by Crippen LogP contribution is -2.45. The number of hydrogen-bond acceptors (Lipinski definition) is 9. The van der Waals surface area contributed by atoms with E-state index in [9.17, 15) is 19.9 Å². The van der Waals surface area contributed by atoms with E-state index in [1.807, 2.05) is 0 Å². The topological polar surface area (TPSA) is 143 Å². The van der Waals surface area contributed by atoms with Gasteiger partial charge in [0.2, 0.25) is 0 Å². The van der Waals surface area contributed by atoms with E-state index >= 15 is 0 Å². The van der Waals surface area contributed by atoms with Crippen molar-refractivity contribution in [1.29, 1.82) is 0 Å². The first kappa shape index (κ1) is 23.7. The van der Waals surface area contributed by atoms with Crippen LogP contribution in [0, 0.1) is 0 Å². The number of esters is 2. The molecule has 2 aliphatic heterocycles. The van der Waals surface area contributed by atoms with Crippen molar-refractivity contribution >= 4 is 23.4 Å². The van der Waals surface area contributed by atoms with Crippen molar-refractivity contribution in [1.82, 2.24) is 0 Å². The summed E-state index contributed by atoms with van der Waals surface area (Å²) in [5, 5.41) is 0. The normalized spacial score (nSPS) is 25.5. The van der Waals surface area contributed by atoms with Crippen LogP contribution in [0.15, 0.2) is 24.3 Å². The number of carbonyl (C=O) groups is 3. The summed E-state index contributed by atoms with van der Waals surface area (Å²) < 4.78 is 32.5. The highest BCUT2D eigenvalue weighted by atomic mass is 16.8. The van der Waals surface area contributed by atoms with Crippen LogP contribution in [0.4, 0.5) is 0 Å². The molecule has 11 nitrogen and oxygen atoms in total. The highest BCUT2D eigenvalue weighted by Gasteiger charge is 2.59. The minimum absolute atomic E-state index is 0.0101. The quantitative estimate of drug-likeness (QED) is 0.187. The van der Waals surface area contributed by atoms with Crippen molar-refractivity contribution in [3.8, 4) is 0 Å². The van der Waals surface area contributed by atoms with Crippen LogP contribution in [0.1, 0.15) is 36.7 Å². The predicted molar refractivity (Wildman–Crippen MR) is 105 cm³/mol. The summed E-state index contributed by atoms with van der Waals surface area (Å²) in [7, 11) is 1.29. The third kappa shape index (κ3) is 4.93. The van der Waals surface area contributed by atoms with Crippen LogP contribution >= 0.6 is 0 Å². The number of benzene rings is 1. The zero-order chi connectivity index (χ0) is 23.5. The molecule has 32 heavy (non-hydrogen) atoms. The molecule has 0 N–H and O–H groups in total. The zero-order valence-corrected chi connectivity index (χ0v) is 18.1. The second-order valence-electron chi connectivity index (χ2n) is 7.52. The molecule has 2 heterocycles. The first-order valence-corrected chi connectivity index (χ1v) is 9.94. The van der Waals surface area contributed by atoms with Gasteiger partial charge in [-0.2, -0.15) is 4.79 Å². The Balaban J connectivity index is 1.78. The van der Waals surface area contributed by atoms with Gasteiger partial charge in [0.1, 0.15) is 12.2 Å². The van der Waals surface area contributed by atoms with Crippen molar-refractivity contribution in [3.05, 3.63) is 40.9 Å². The third-order valence-corrected chi connectivity index (χ3v) is 4.87. The maximum atomic E-state index is 12.9. The van der Waals surface area contributed by atoms with Crippen LogP contribution < -0.4 is 0 Å². The van der Waals surface area contributed by atoms with Gasteiger partial charge in [0.15, 0.2) is 18.2 Å². The number of ether oxygens (including phenoxy) is 6. The van der Waals surface area contributed by atoms with Gasteiger partial charge in [0, 0.05) is 0 Å². The first-order chi connectivity index (χ1) is 15.2. The molecule has 11 heteroatoms. The molecule has 2 aliphatic rings. The molecular weight excluding hydrogens is 424 g/mol. The first-order valence-electron chi connectivity index (χ1n) is 9.94. The number of methoxy groups -OCH3 is 1. The molecule has 1 aromatic carbocycles. The predicted octanol–water partition coefficient (Wildman–Crippen LogP) is 1.04. The molecular formula is C21H24N2O9. The number of nitrogens with zero attached hydrogens (tertiary/aromatic N) is 2. The Morgan fingerprint density at radius 3 is 2.44 bits per heavy atom. The average molecular weight is 448 g/mol. The summed E-state index contributed by atoms with van der Waals surface area (Å²) in [5.74, 6) is -3.44. The smallest absolute Gasteiger partial charge is 0.444 e. The molecule has 0 radical (unpaired) electrons. The van der Waals surface area contributed by atoms with Crippen LogP contribution in [-0.2, 0) is 44.6 Å². The zero-order valence-electron chi connectivity index (χ0n) is 18.1. The van der Waals surface area contributed by atoms with Gasteiger partial charge >= 0.3 is 17.7 Å². The molecule has 2 saturated heterocycles. The van der Waals surface area contributed by atoms with Gasteiger partial charge in [0.25, 0.3) is 5.78 Å². The lowest BCUT2D eigenvalue weighted by Gasteiger charge is -2.24. The molecule has 4 atom stereocenters. The van der Waals surface area contributed by atoms with E-state index in [1.54, 1.807) is 45.0 Å². The second-order valence-corrected chi connectivity index (χ2v) is 7.52. The van der Waals surface area contributed by atoms with Crippen LogP contribution in [0.3, 0.4) is 0 Å². The standard InChI is InChI=1S/C21H24N2O9/c1-5-28-19(26)13(23-22)14(24)15-16(17-20(30-15)32-21(2,3)31-17)29-10-11-6-8-12(9-7-11)18(25)27-4/h6-9,15-17,20H,5,10H2,1-4H3/t15-,16+,17-,20-/m1/s1. The molecule has 3 rings (SSSR count). The van der Waals surface area contributed by atoms with E-state index in [-0.39, 0.29) is 13.2 Å². The average Bonchev–Trinajstić information content (AvgIpc) is 3.24. The summed E-state index contributed by atoms with van der Waals surface area (Å²) in [4.78, 5) is 39.3. The van der Waals surface area contributed by atoms with Gasteiger partial charge in [-0.25, -0.2) is 9.59 Å². The van der Waals surface area contributed by atoms with Gasteiger partial charge in [-0.1, -0.05) is 12.1 Å². The van der Waals surface area contributed by atoms with E-state index in [0.717, 1.165) is 0 Å². The van der Waals surface area contributed by atoms with Crippen molar-refractivity contribution < 1.29 is 47.6 Å². The number of fused-ring (bicyclic) bond motifs is 1. The minimum Gasteiger partial charge on any atom is -0.465 e. The van der Waals surface area contributed by atoms with Gasteiger partial charge in [-0.15, -0.1) is 0 Å². The van der Waals surface area contributed by atoms with E-state index in [2.05, 4.69) is 9.53 Å². The Hall–Kier alpha value is -2.95. The van der Waals surface area contributed by atoms with E-state index in [0.29, 0.717) is 11.1 Å². The van der Waals surface area contributed by atoms with Gasteiger partial charge in [-0.05, 0) is 38.5 Å². The van der Waals surface area contributed by atoms with Crippen molar-refractivity contribution in [3.63, 3.8) is 0 Å². The fraction of sp³-hybridized carbons (Fsp3) is 0.524. The van der Waals surface area contributed by atoms with Crippen molar-refractivity contribution in [2.45, 2.75) is 57.8 Å². The maximum Gasteiger partial charge on any atom is 0.444 e. The number of ketones is 1. The van der Waals surface area contributed by atoms with E-state index < -0.39 is 53.8 Å². The number of rotatable bonds is 8. The molecule has 0 aliphatic carbocycles. The number of Topliss-reactive ketones (excluding diaryl/α,β-unsaturated/α-hetero) is 1. The van der Waals surface area contributed by atoms with Gasteiger partial charge < -0.3 is 34.0 Å². The summed E-state index contributed by atoms with van der Waals surface area (Å²) >= 11 is 0. The highest BCUT2D eigenvalue weighted by Crippen LogP contribution is 2.39. The van der Waals surface area contributed by atoms with Crippen LogP contribution in [0.25, 0.3) is 5.53 Å². The van der Waals surface area contributed by atoms with Gasteiger partial charge in [0.05, 0.1) is 25.9 Å². The van der Waals surface area contributed by atoms with Gasteiger partial charge in [-0.3, -0.25) is 4.79 Å². The van der Waals surface area contributed by atoms with Crippen LogP contribution in [0.5, 0.6) is 0 Å².